The summed E-state index contributed by atoms with van der Waals surface area (Å²) in [6.45, 7) is 4.51. The molecule has 0 aromatic heterocycles. The molecule has 0 radical (unpaired) electrons. The highest BCUT2D eigenvalue weighted by Crippen LogP contribution is 2.26. The first-order chi connectivity index (χ1) is 8.60. The number of hydrogen-bond donors (Lipinski definition) is 1. The molecule has 4 heteroatoms. The smallest absolute Gasteiger partial charge is 0.126 e. The SMILES string of the molecule is CC1CCN(C(CN)c2cc(F)cc(F)c2)CC1. The Morgan fingerprint density at radius 1 is 1.22 bits per heavy atom. The number of halogens is 2. The second-order valence-corrected chi connectivity index (χ2v) is 5.17. The molecule has 1 saturated heterocycles. The van der Waals surface area contributed by atoms with Gasteiger partial charge in [-0.2, -0.15) is 0 Å². The summed E-state index contributed by atoms with van der Waals surface area (Å²) in [6, 6.07) is 3.59. The summed E-state index contributed by atoms with van der Waals surface area (Å²) in [5.41, 5.74) is 6.43. The average Bonchev–Trinajstić information content (AvgIpc) is 2.31. The van der Waals surface area contributed by atoms with Crippen LogP contribution in [0.3, 0.4) is 0 Å². The van der Waals surface area contributed by atoms with Crippen molar-refractivity contribution >= 4 is 0 Å². The summed E-state index contributed by atoms with van der Waals surface area (Å²) >= 11 is 0. The highest BCUT2D eigenvalue weighted by molar-refractivity contribution is 5.22. The van der Waals surface area contributed by atoms with Crippen molar-refractivity contribution in [1.82, 2.24) is 4.90 Å². The van der Waals surface area contributed by atoms with Crippen LogP contribution in [0.4, 0.5) is 8.78 Å². The lowest BCUT2D eigenvalue weighted by Gasteiger charge is -2.36. The Morgan fingerprint density at radius 2 is 1.78 bits per heavy atom. The monoisotopic (exact) mass is 254 g/mol. The summed E-state index contributed by atoms with van der Waals surface area (Å²) in [4.78, 5) is 2.23. The molecule has 1 aliphatic rings. The molecule has 0 bridgehead atoms. The minimum atomic E-state index is -0.533. The second kappa shape index (κ2) is 5.76. The highest BCUT2D eigenvalue weighted by atomic mass is 19.1. The third kappa shape index (κ3) is 3.06. The van der Waals surface area contributed by atoms with Crippen LogP contribution in [0.1, 0.15) is 31.4 Å². The molecule has 1 fully saturated rings. The fraction of sp³-hybridized carbons (Fsp3) is 0.571. The van der Waals surface area contributed by atoms with Crippen molar-refractivity contribution < 1.29 is 8.78 Å². The molecule has 1 unspecified atom stereocenters. The predicted molar refractivity (Wildman–Crippen MR) is 68.1 cm³/mol. The largest absolute Gasteiger partial charge is 0.329 e. The van der Waals surface area contributed by atoms with E-state index in [0.717, 1.165) is 37.9 Å². The Kier molecular flexibility index (Phi) is 4.30. The first kappa shape index (κ1) is 13.4. The Balaban J connectivity index is 2.17. The maximum absolute atomic E-state index is 13.3. The molecule has 0 saturated carbocycles. The number of likely N-dealkylation sites (tertiary alicyclic amines) is 1. The molecule has 2 N–H and O–H groups in total. The van der Waals surface area contributed by atoms with Crippen molar-refractivity contribution in [2.45, 2.75) is 25.8 Å². The van der Waals surface area contributed by atoms with Crippen molar-refractivity contribution in [2.75, 3.05) is 19.6 Å². The van der Waals surface area contributed by atoms with Crippen LogP contribution in [-0.4, -0.2) is 24.5 Å². The number of rotatable bonds is 3. The second-order valence-electron chi connectivity index (χ2n) is 5.17. The molecule has 1 aliphatic heterocycles. The molecule has 0 spiro atoms. The minimum Gasteiger partial charge on any atom is -0.329 e. The van der Waals surface area contributed by atoms with Crippen molar-refractivity contribution in [1.29, 1.82) is 0 Å². The topological polar surface area (TPSA) is 29.3 Å². The lowest BCUT2D eigenvalue weighted by atomic mass is 9.95. The minimum absolute atomic E-state index is 0.0808. The molecule has 18 heavy (non-hydrogen) atoms. The summed E-state index contributed by atoms with van der Waals surface area (Å²) < 4.78 is 26.5. The van der Waals surface area contributed by atoms with Crippen LogP contribution < -0.4 is 5.73 Å². The fourth-order valence-electron chi connectivity index (χ4n) is 2.60. The van der Waals surface area contributed by atoms with Crippen LogP contribution in [0.25, 0.3) is 0 Å². The zero-order valence-electron chi connectivity index (χ0n) is 10.7. The van der Waals surface area contributed by atoms with Gasteiger partial charge >= 0.3 is 0 Å². The van der Waals surface area contributed by atoms with E-state index in [2.05, 4.69) is 11.8 Å². The lowest BCUT2D eigenvalue weighted by molar-refractivity contribution is 0.141. The van der Waals surface area contributed by atoms with E-state index in [1.165, 1.54) is 12.1 Å². The molecule has 1 heterocycles. The lowest BCUT2D eigenvalue weighted by Crippen LogP contribution is -2.39. The van der Waals surface area contributed by atoms with E-state index in [1.807, 2.05) is 0 Å². The van der Waals surface area contributed by atoms with Gasteiger partial charge in [-0.05, 0) is 49.5 Å². The number of benzene rings is 1. The molecule has 1 atom stereocenters. The molecule has 1 aromatic carbocycles. The molecule has 2 nitrogen and oxygen atoms in total. The zero-order chi connectivity index (χ0) is 13.1. The number of hydrogen-bond acceptors (Lipinski definition) is 2. The summed E-state index contributed by atoms with van der Waals surface area (Å²) in [7, 11) is 0. The number of nitrogens with zero attached hydrogens (tertiary/aromatic N) is 1. The molecule has 0 amide bonds. The Morgan fingerprint density at radius 3 is 2.28 bits per heavy atom. The van der Waals surface area contributed by atoms with Gasteiger partial charge < -0.3 is 5.73 Å². The summed E-state index contributed by atoms with van der Waals surface area (Å²) in [6.07, 6.45) is 2.24. The Hall–Kier alpha value is -1.00. The number of nitrogens with two attached hydrogens (primary N) is 1. The van der Waals surface area contributed by atoms with Gasteiger partial charge in [0.15, 0.2) is 0 Å². The van der Waals surface area contributed by atoms with E-state index in [-0.39, 0.29) is 6.04 Å². The first-order valence-electron chi connectivity index (χ1n) is 6.50. The van der Waals surface area contributed by atoms with E-state index in [0.29, 0.717) is 12.1 Å². The van der Waals surface area contributed by atoms with E-state index in [1.54, 1.807) is 0 Å². The molecule has 2 rings (SSSR count). The third-order valence-electron chi connectivity index (χ3n) is 3.75. The molecular weight excluding hydrogens is 234 g/mol. The van der Waals surface area contributed by atoms with E-state index in [4.69, 9.17) is 5.73 Å². The van der Waals surface area contributed by atoms with E-state index < -0.39 is 11.6 Å². The van der Waals surface area contributed by atoms with Crippen LogP contribution in [0, 0.1) is 17.6 Å². The van der Waals surface area contributed by atoms with E-state index >= 15 is 0 Å². The normalized spacial score (nSPS) is 20.0. The quantitative estimate of drug-likeness (QED) is 0.898. The van der Waals surface area contributed by atoms with Gasteiger partial charge in [-0.25, -0.2) is 8.78 Å². The number of piperidine rings is 1. The average molecular weight is 254 g/mol. The van der Waals surface area contributed by atoms with Crippen molar-refractivity contribution in [2.24, 2.45) is 11.7 Å². The van der Waals surface area contributed by atoms with Gasteiger partial charge in [0.25, 0.3) is 0 Å². The van der Waals surface area contributed by atoms with Crippen LogP contribution >= 0.6 is 0 Å². The predicted octanol–water partition coefficient (Wildman–Crippen LogP) is 2.70. The van der Waals surface area contributed by atoms with Crippen LogP contribution in [0.5, 0.6) is 0 Å². The Labute approximate surface area is 107 Å². The summed E-state index contributed by atoms with van der Waals surface area (Å²) in [5.74, 6) is -0.341. The van der Waals surface area contributed by atoms with Gasteiger partial charge in [0, 0.05) is 18.7 Å². The van der Waals surface area contributed by atoms with Gasteiger partial charge in [0.1, 0.15) is 11.6 Å². The van der Waals surface area contributed by atoms with Gasteiger partial charge in [-0.3, -0.25) is 4.90 Å². The highest BCUT2D eigenvalue weighted by Gasteiger charge is 2.24. The molecular formula is C14H20F2N2. The third-order valence-corrected chi connectivity index (χ3v) is 3.75. The van der Waals surface area contributed by atoms with Crippen LogP contribution in [-0.2, 0) is 0 Å². The molecule has 1 aromatic rings. The Bertz CT molecular complexity index is 381. The van der Waals surface area contributed by atoms with E-state index in [9.17, 15) is 8.78 Å². The van der Waals surface area contributed by atoms with Crippen molar-refractivity contribution in [3.05, 3.63) is 35.4 Å². The molecule has 0 aliphatic carbocycles. The van der Waals surface area contributed by atoms with Crippen molar-refractivity contribution in [3.8, 4) is 0 Å². The fourth-order valence-corrected chi connectivity index (χ4v) is 2.60. The van der Waals surface area contributed by atoms with Crippen LogP contribution in [0.15, 0.2) is 18.2 Å². The van der Waals surface area contributed by atoms with Gasteiger partial charge in [0.05, 0.1) is 0 Å². The maximum Gasteiger partial charge on any atom is 0.126 e. The standard InChI is InChI=1S/C14H20F2N2/c1-10-2-4-18(5-3-10)14(9-17)11-6-12(15)8-13(16)7-11/h6-8,10,14H,2-5,9,17H2,1H3. The first-order valence-corrected chi connectivity index (χ1v) is 6.50. The van der Waals surface area contributed by atoms with Crippen molar-refractivity contribution in [3.63, 3.8) is 0 Å². The molecule has 100 valence electrons. The maximum atomic E-state index is 13.3. The zero-order valence-corrected chi connectivity index (χ0v) is 10.7. The summed E-state index contributed by atoms with van der Waals surface area (Å²) in [5, 5.41) is 0. The van der Waals surface area contributed by atoms with Gasteiger partial charge in [-0.1, -0.05) is 6.92 Å². The van der Waals surface area contributed by atoms with Crippen LogP contribution in [0.2, 0.25) is 0 Å². The van der Waals surface area contributed by atoms with Gasteiger partial charge in [-0.15, -0.1) is 0 Å². The van der Waals surface area contributed by atoms with Gasteiger partial charge in [0.2, 0.25) is 0 Å².